The average Bonchev–Trinajstić information content (AvgIpc) is 2.88. The van der Waals surface area contributed by atoms with Crippen molar-refractivity contribution in [3.8, 4) is 11.4 Å². The van der Waals surface area contributed by atoms with E-state index in [4.69, 9.17) is 0 Å². The Labute approximate surface area is 89.1 Å². The van der Waals surface area contributed by atoms with Crippen LogP contribution in [0.4, 0.5) is 0 Å². The maximum absolute atomic E-state index is 4.38. The standard InChI is InChI=1S/C11H16N4/c1-11(2,12-3)10-14-7-9(15-10)8-5-4-6-13-8/h4-7,12-13H,1-3H3,(H,14,15). The Morgan fingerprint density at radius 3 is 2.73 bits per heavy atom. The molecule has 2 rings (SSSR count). The molecule has 2 aromatic heterocycles. The van der Waals surface area contributed by atoms with Crippen molar-refractivity contribution in [1.29, 1.82) is 0 Å². The summed E-state index contributed by atoms with van der Waals surface area (Å²) in [4.78, 5) is 10.8. The van der Waals surface area contributed by atoms with Crippen LogP contribution < -0.4 is 5.32 Å². The molecule has 2 aromatic rings. The van der Waals surface area contributed by atoms with Crippen molar-refractivity contribution in [3.63, 3.8) is 0 Å². The van der Waals surface area contributed by atoms with Crippen molar-refractivity contribution >= 4 is 0 Å². The molecule has 0 radical (unpaired) electrons. The predicted octanol–water partition coefficient (Wildman–Crippen LogP) is 1.86. The third-order valence-electron chi connectivity index (χ3n) is 2.68. The van der Waals surface area contributed by atoms with Crippen LogP contribution >= 0.6 is 0 Å². The van der Waals surface area contributed by atoms with Crippen LogP contribution in [-0.2, 0) is 5.54 Å². The Morgan fingerprint density at radius 2 is 2.13 bits per heavy atom. The third kappa shape index (κ3) is 1.80. The Balaban J connectivity index is 2.33. The summed E-state index contributed by atoms with van der Waals surface area (Å²) in [6.07, 6.45) is 3.75. The fourth-order valence-corrected chi connectivity index (χ4v) is 1.39. The molecule has 0 atom stereocenters. The number of hydrogen-bond donors (Lipinski definition) is 3. The quantitative estimate of drug-likeness (QED) is 0.714. The molecule has 0 saturated heterocycles. The fraction of sp³-hybridized carbons (Fsp3) is 0.364. The maximum atomic E-state index is 4.38. The summed E-state index contributed by atoms with van der Waals surface area (Å²) in [5.41, 5.74) is 1.93. The minimum absolute atomic E-state index is 0.134. The third-order valence-corrected chi connectivity index (χ3v) is 2.68. The molecule has 15 heavy (non-hydrogen) atoms. The van der Waals surface area contributed by atoms with Gasteiger partial charge < -0.3 is 15.3 Å². The van der Waals surface area contributed by atoms with Crippen LogP contribution in [0.5, 0.6) is 0 Å². The lowest BCUT2D eigenvalue weighted by Gasteiger charge is -2.20. The summed E-state index contributed by atoms with van der Waals surface area (Å²) in [6.45, 7) is 4.18. The van der Waals surface area contributed by atoms with Crippen LogP contribution in [0.1, 0.15) is 19.7 Å². The van der Waals surface area contributed by atoms with Gasteiger partial charge in [-0.15, -0.1) is 0 Å². The van der Waals surface area contributed by atoms with Crippen LogP contribution in [0.3, 0.4) is 0 Å². The first-order valence-corrected chi connectivity index (χ1v) is 5.01. The molecular weight excluding hydrogens is 188 g/mol. The van der Waals surface area contributed by atoms with Crippen LogP contribution in [0.2, 0.25) is 0 Å². The highest BCUT2D eigenvalue weighted by Crippen LogP contribution is 2.20. The highest BCUT2D eigenvalue weighted by Gasteiger charge is 2.21. The van der Waals surface area contributed by atoms with Gasteiger partial charge >= 0.3 is 0 Å². The first-order chi connectivity index (χ1) is 7.13. The van der Waals surface area contributed by atoms with E-state index < -0.39 is 0 Å². The lowest BCUT2D eigenvalue weighted by Crippen LogP contribution is -2.34. The first-order valence-electron chi connectivity index (χ1n) is 5.01. The summed E-state index contributed by atoms with van der Waals surface area (Å²) in [6, 6.07) is 3.99. The van der Waals surface area contributed by atoms with Crippen molar-refractivity contribution in [1.82, 2.24) is 20.3 Å². The average molecular weight is 204 g/mol. The summed E-state index contributed by atoms with van der Waals surface area (Å²) < 4.78 is 0. The van der Waals surface area contributed by atoms with E-state index in [1.807, 2.05) is 31.6 Å². The summed E-state index contributed by atoms with van der Waals surface area (Å²) in [5.74, 6) is 0.939. The molecule has 0 saturated carbocycles. The van der Waals surface area contributed by atoms with Gasteiger partial charge in [0.05, 0.1) is 23.1 Å². The predicted molar refractivity (Wildman–Crippen MR) is 60.5 cm³/mol. The van der Waals surface area contributed by atoms with Crippen molar-refractivity contribution < 1.29 is 0 Å². The van der Waals surface area contributed by atoms with E-state index in [0.29, 0.717) is 0 Å². The number of nitrogens with one attached hydrogen (secondary N) is 3. The molecule has 0 aliphatic rings. The molecule has 3 N–H and O–H groups in total. The van der Waals surface area contributed by atoms with E-state index in [0.717, 1.165) is 17.2 Å². The highest BCUT2D eigenvalue weighted by molar-refractivity contribution is 5.53. The molecular formula is C11H16N4. The first kappa shape index (κ1) is 9.98. The topological polar surface area (TPSA) is 56.5 Å². The van der Waals surface area contributed by atoms with Crippen LogP contribution in [0.25, 0.3) is 11.4 Å². The number of aromatic amines is 2. The zero-order valence-corrected chi connectivity index (χ0v) is 9.26. The molecule has 0 amide bonds. The fourth-order valence-electron chi connectivity index (χ4n) is 1.39. The van der Waals surface area contributed by atoms with Gasteiger partial charge in [-0.25, -0.2) is 4.98 Å². The van der Waals surface area contributed by atoms with E-state index in [9.17, 15) is 0 Å². The number of nitrogens with zero attached hydrogens (tertiary/aromatic N) is 1. The van der Waals surface area contributed by atoms with E-state index in [1.165, 1.54) is 0 Å². The van der Waals surface area contributed by atoms with Crippen LogP contribution in [-0.4, -0.2) is 22.0 Å². The largest absolute Gasteiger partial charge is 0.360 e. The van der Waals surface area contributed by atoms with E-state index in [2.05, 4.69) is 34.1 Å². The van der Waals surface area contributed by atoms with Gasteiger partial charge in [-0.3, -0.25) is 0 Å². The van der Waals surface area contributed by atoms with Gasteiger partial charge in [0, 0.05) is 6.20 Å². The summed E-state index contributed by atoms with van der Waals surface area (Å²) in [7, 11) is 1.93. The molecule has 0 fully saturated rings. The molecule has 2 heterocycles. The van der Waals surface area contributed by atoms with Gasteiger partial charge in [0.25, 0.3) is 0 Å². The van der Waals surface area contributed by atoms with E-state index >= 15 is 0 Å². The van der Waals surface area contributed by atoms with E-state index in [-0.39, 0.29) is 5.54 Å². The minimum Gasteiger partial charge on any atom is -0.360 e. The zero-order valence-electron chi connectivity index (χ0n) is 9.26. The molecule has 4 nitrogen and oxygen atoms in total. The number of aromatic nitrogens is 3. The monoisotopic (exact) mass is 204 g/mol. The summed E-state index contributed by atoms with van der Waals surface area (Å²) >= 11 is 0. The van der Waals surface area contributed by atoms with Gasteiger partial charge in [-0.05, 0) is 33.0 Å². The van der Waals surface area contributed by atoms with Gasteiger partial charge in [0.2, 0.25) is 0 Å². The second kappa shape index (κ2) is 3.55. The highest BCUT2D eigenvalue weighted by atomic mass is 15.0. The number of imidazole rings is 1. The second-order valence-corrected chi connectivity index (χ2v) is 4.10. The normalized spacial score (nSPS) is 11.9. The van der Waals surface area contributed by atoms with Gasteiger partial charge in [0.1, 0.15) is 5.82 Å². The lowest BCUT2D eigenvalue weighted by molar-refractivity contribution is 0.421. The van der Waals surface area contributed by atoms with Gasteiger partial charge in [-0.2, -0.15) is 0 Å². The Bertz CT molecular complexity index is 425. The molecule has 0 aliphatic heterocycles. The lowest BCUT2D eigenvalue weighted by atomic mass is 10.1. The molecule has 80 valence electrons. The van der Waals surface area contributed by atoms with Crippen molar-refractivity contribution in [2.24, 2.45) is 0 Å². The van der Waals surface area contributed by atoms with Crippen LogP contribution in [0.15, 0.2) is 24.5 Å². The van der Waals surface area contributed by atoms with E-state index in [1.54, 1.807) is 0 Å². The molecule has 4 heteroatoms. The van der Waals surface area contributed by atoms with Crippen molar-refractivity contribution in [3.05, 3.63) is 30.4 Å². The molecule has 0 spiro atoms. The Morgan fingerprint density at radius 1 is 1.33 bits per heavy atom. The maximum Gasteiger partial charge on any atom is 0.126 e. The second-order valence-electron chi connectivity index (χ2n) is 4.10. The van der Waals surface area contributed by atoms with Crippen molar-refractivity contribution in [2.45, 2.75) is 19.4 Å². The number of rotatable bonds is 3. The molecule has 0 aromatic carbocycles. The minimum atomic E-state index is -0.134. The zero-order chi connectivity index (χ0) is 10.9. The molecule has 0 unspecified atom stereocenters. The smallest absolute Gasteiger partial charge is 0.126 e. The SMILES string of the molecule is CNC(C)(C)c1ncc(-c2ccc[nH]2)[nH]1. The number of H-pyrrole nitrogens is 2. The van der Waals surface area contributed by atoms with Crippen LogP contribution in [0, 0.1) is 0 Å². The Hall–Kier alpha value is -1.55. The molecule has 0 aliphatic carbocycles. The number of hydrogen-bond acceptors (Lipinski definition) is 2. The summed E-state index contributed by atoms with van der Waals surface area (Å²) in [5, 5.41) is 3.21. The van der Waals surface area contributed by atoms with Crippen molar-refractivity contribution in [2.75, 3.05) is 7.05 Å². The van der Waals surface area contributed by atoms with Gasteiger partial charge in [0.15, 0.2) is 0 Å². The Kier molecular flexibility index (Phi) is 2.36. The molecule has 0 bridgehead atoms. The van der Waals surface area contributed by atoms with Gasteiger partial charge in [-0.1, -0.05) is 0 Å².